The van der Waals surface area contributed by atoms with Crippen LogP contribution in [0.5, 0.6) is 0 Å². The summed E-state index contributed by atoms with van der Waals surface area (Å²) in [5.74, 6) is -1.45. The number of carboxylic acid groups (broad SMARTS) is 1. The summed E-state index contributed by atoms with van der Waals surface area (Å²) in [6.07, 6.45) is 0. The van der Waals surface area contributed by atoms with Crippen molar-refractivity contribution in [3.8, 4) is 0 Å². The second kappa shape index (κ2) is 6.21. The van der Waals surface area contributed by atoms with E-state index in [1.807, 2.05) is 12.1 Å². The van der Waals surface area contributed by atoms with E-state index in [1.165, 1.54) is 6.07 Å². The fourth-order valence-electron chi connectivity index (χ4n) is 1.79. The molecule has 0 saturated heterocycles. The summed E-state index contributed by atoms with van der Waals surface area (Å²) in [5, 5.41) is 12.2. The maximum Gasteiger partial charge on any atom is 0.330 e. The monoisotopic (exact) mass is 385 g/mol. The first-order valence-corrected chi connectivity index (χ1v) is 7.06. The molecule has 0 aliphatic carbocycles. The van der Waals surface area contributed by atoms with Gasteiger partial charge in [-0.25, -0.2) is 9.18 Å². The lowest BCUT2D eigenvalue weighted by molar-refractivity contribution is -0.138. The molecule has 0 heterocycles. The molecule has 2 N–H and O–H groups in total. The van der Waals surface area contributed by atoms with Crippen LogP contribution in [0.4, 0.5) is 10.1 Å². The number of benzene rings is 2. The number of carbonyl (C=O) groups is 1. The Morgan fingerprint density at radius 3 is 2.45 bits per heavy atom. The molecule has 3 nitrogen and oxygen atoms in total. The van der Waals surface area contributed by atoms with E-state index >= 15 is 0 Å². The molecule has 0 radical (unpaired) electrons. The number of anilines is 1. The molecular weight excluding hydrogens is 372 g/mol. The van der Waals surface area contributed by atoms with Gasteiger partial charge in [0.15, 0.2) is 6.04 Å². The Hall–Kier alpha value is -1.63. The third-order valence-corrected chi connectivity index (χ3v) is 3.65. The normalized spacial score (nSPS) is 11.9. The van der Waals surface area contributed by atoms with Gasteiger partial charge in [0.25, 0.3) is 0 Å². The molecule has 0 saturated carbocycles. The van der Waals surface area contributed by atoms with Gasteiger partial charge in [0.1, 0.15) is 5.82 Å². The van der Waals surface area contributed by atoms with E-state index in [-0.39, 0.29) is 0 Å². The average molecular weight is 385 g/mol. The number of hydrogen-bond acceptors (Lipinski definition) is 2. The fourth-order valence-corrected chi connectivity index (χ4v) is 2.15. The average Bonchev–Trinajstić information content (AvgIpc) is 2.41. The lowest BCUT2D eigenvalue weighted by Crippen LogP contribution is -2.20. The molecule has 0 aliphatic heterocycles. The zero-order chi connectivity index (χ0) is 14.7. The van der Waals surface area contributed by atoms with Gasteiger partial charge in [-0.3, -0.25) is 0 Å². The molecule has 104 valence electrons. The number of aliphatic carboxylic acids is 1. The number of halogens is 2. The quantitative estimate of drug-likeness (QED) is 0.783. The zero-order valence-electron chi connectivity index (χ0n) is 10.7. The summed E-state index contributed by atoms with van der Waals surface area (Å²) in [6, 6.07) is 10.8. The van der Waals surface area contributed by atoms with Gasteiger partial charge in [-0.05, 0) is 71.0 Å². The molecule has 0 amide bonds. The van der Waals surface area contributed by atoms with Gasteiger partial charge < -0.3 is 10.4 Å². The van der Waals surface area contributed by atoms with E-state index in [1.54, 1.807) is 31.2 Å². The second-order valence-electron chi connectivity index (χ2n) is 4.43. The Labute approximate surface area is 130 Å². The van der Waals surface area contributed by atoms with Crippen molar-refractivity contribution in [1.29, 1.82) is 0 Å². The third-order valence-electron chi connectivity index (χ3n) is 2.93. The molecule has 0 spiro atoms. The SMILES string of the molecule is Cc1ccc(C(Nc2ccc(I)cc2)C(=O)O)cc1F. The van der Waals surface area contributed by atoms with Gasteiger partial charge >= 0.3 is 5.97 Å². The molecule has 5 heteroatoms. The second-order valence-corrected chi connectivity index (χ2v) is 5.68. The van der Waals surface area contributed by atoms with Crippen LogP contribution in [0.2, 0.25) is 0 Å². The largest absolute Gasteiger partial charge is 0.479 e. The maximum atomic E-state index is 13.6. The summed E-state index contributed by atoms with van der Waals surface area (Å²) in [7, 11) is 0. The molecule has 0 fully saturated rings. The smallest absolute Gasteiger partial charge is 0.330 e. The van der Waals surface area contributed by atoms with Crippen LogP contribution in [0.25, 0.3) is 0 Å². The Morgan fingerprint density at radius 2 is 1.90 bits per heavy atom. The Kier molecular flexibility index (Phi) is 4.59. The van der Waals surface area contributed by atoms with Crippen LogP contribution in [0.15, 0.2) is 42.5 Å². The zero-order valence-corrected chi connectivity index (χ0v) is 12.9. The van der Waals surface area contributed by atoms with Crippen LogP contribution < -0.4 is 5.32 Å². The van der Waals surface area contributed by atoms with E-state index in [4.69, 9.17) is 0 Å². The van der Waals surface area contributed by atoms with Gasteiger partial charge in [0, 0.05) is 9.26 Å². The number of carboxylic acids is 1. The van der Waals surface area contributed by atoms with Crippen LogP contribution in [0.1, 0.15) is 17.2 Å². The van der Waals surface area contributed by atoms with Crippen molar-refractivity contribution in [1.82, 2.24) is 0 Å². The Morgan fingerprint density at radius 1 is 1.25 bits per heavy atom. The molecule has 2 aromatic rings. The first-order valence-electron chi connectivity index (χ1n) is 5.98. The number of aryl methyl sites for hydroxylation is 1. The first-order chi connectivity index (χ1) is 9.47. The van der Waals surface area contributed by atoms with Crippen LogP contribution in [-0.2, 0) is 4.79 Å². The van der Waals surface area contributed by atoms with Gasteiger partial charge in [-0.15, -0.1) is 0 Å². The highest BCUT2D eigenvalue weighted by atomic mass is 127. The minimum Gasteiger partial charge on any atom is -0.479 e. The van der Waals surface area contributed by atoms with Crippen LogP contribution >= 0.6 is 22.6 Å². The van der Waals surface area contributed by atoms with Crippen molar-refractivity contribution in [2.75, 3.05) is 5.32 Å². The highest BCUT2D eigenvalue weighted by Gasteiger charge is 2.20. The molecule has 1 unspecified atom stereocenters. The van der Waals surface area contributed by atoms with Crippen LogP contribution in [0, 0.1) is 16.3 Å². The maximum absolute atomic E-state index is 13.6. The molecular formula is C15H13FINO2. The molecule has 0 aromatic heterocycles. The number of nitrogens with one attached hydrogen (secondary N) is 1. The predicted molar refractivity (Wildman–Crippen MR) is 84.3 cm³/mol. The summed E-state index contributed by atoms with van der Waals surface area (Å²) < 4.78 is 14.6. The van der Waals surface area contributed by atoms with E-state index in [9.17, 15) is 14.3 Å². The molecule has 20 heavy (non-hydrogen) atoms. The fraction of sp³-hybridized carbons (Fsp3) is 0.133. The highest BCUT2D eigenvalue weighted by Crippen LogP contribution is 2.22. The lowest BCUT2D eigenvalue weighted by Gasteiger charge is -2.16. The van der Waals surface area contributed by atoms with Crippen molar-refractivity contribution in [3.63, 3.8) is 0 Å². The highest BCUT2D eigenvalue weighted by molar-refractivity contribution is 14.1. The summed E-state index contributed by atoms with van der Waals surface area (Å²) in [6.45, 7) is 1.64. The third kappa shape index (κ3) is 3.47. The standard InChI is InChI=1S/C15H13FINO2/c1-9-2-3-10(8-13(9)16)14(15(19)20)18-12-6-4-11(17)5-7-12/h2-8,14,18H,1H3,(H,19,20). The molecule has 2 rings (SSSR count). The Balaban J connectivity index is 2.29. The van der Waals surface area contributed by atoms with E-state index < -0.39 is 17.8 Å². The molecule has 0 aliphatic rings. The summed E-state index contributed by atoms with van der Waals surface area (Å²) in [5.41, 5.74) is 1.56. The topological polar surface area (TPSA) is 49.3 Å². The van der Waals surface area contributed by atoms with Crippen LogP contribution in [-0.4, -0.2) is 11.1 Å². The van der Waals surface area contributed by atoms with Gasteiger partial charge in [0.2, 0.25) is 0 Å². The molecule has 0 bridgehead atoms. The van der Waals surface area contributed by atoms with Gasteiger partial charge in [-0.2, -0.15) is 0 Å². The number of hydrogen-bond donors (Lipinski definition) is 2. The molecule has 2 aromatic carbocycles. The van der Waals surface area contributed by atoms with E-state index in [0.29, 0.717) is 16.8 Å². The predicted octanol–water partition coefficient (Wildman–Crippen LogP) is 3.98. The van der Waals surface area contributed by atoms with Crippen molar-refractivity contribution < 1.29 is 14.3 Å². The van der Waals surface area contributed by atoms with Gasteiger partial charge in [0.05, 0.1) is 0 Å². The minimum atomic E-state index is -1.05. The van der Waals surface area contributed by atoms with Gasteiger partial charge in [-0.1, -0.05) is 12.1 Å². The summed E-state index contributed by atoms with van der Waals surface area (Å²) in [4.78, 5) is 11.4. The van der Waals surface area contributed by atoms with Crippen LogP contribution in [0.3, 0.4) is 0 Å². The lowest BCUT2D eigenvalue weighted by atomic mass is 10.0. The van der Waals surface area contributed by atoms with Crippen molar-refractivity contribution >= 4 is 34.2 Å². The molecule has 1 atom stereocenters. The summed E-state index contributed by atoms with van der Waals surface area (Å²) >= 11 is 2.17. The van der Waals surface area contributed by atoms with E-state index in [2.05, 4.69) is 27.9 Å². The minimum absolute atomic E-state index is 0.388. The van der Waals surface area contributed by atoms with Crippen molar-refractivity contribution in [3.05, 3.63) is 63.0 Å². The first kappa shape index (κ1) is 14.8. The Bertz CT molecular complexity index is 628. The van der Waals surface area contributed by atoms with Crippen molar-refractivity contribution in [2.24, 2.45) is 0 Å². The number of rotatable bonds is 4. The van der Waals surface area contributed by atoms with E-state index in [0.717, 1.165) is 3.57 Å². The van der Waals surface area contributed by atoms with Crippen molar-refractivity contribution in [2.45, 2.75) is 13.0 Å².